The summed E-state index contributed by atoms with van der Waals surface area (Å²) in [6.45, 7) is 11.2. The van der Waals surface area contributed by atoms with Crippen molar-refractivity contribution in [2.75, 3.05) is 7.05 Å². The minimum absolute atomic E-state index is 1.04. The van der Waals surface area contributed by atoms with Crippen LogP contribution in [0, 0.1) is 6.92 Å². The van der Waals surface area contributed by atoms with E-state index in [9.17, 15) is 0 Å². The minimum atomic E-state index is 1.04. The van der Waals surface area contributed by atoms with E-state index in [1.165, 1.54) is 16.7 Å². The van der Waals surface area contributed by atoms with E-state index in [4.69, 9.17) is 0 Å². The molecule has 1 aliphatic rings. The van der Waals surface area contributed by atoms with Crippen LogP contribution < -0.4 is 0 Å². The van der Waals surface area contributed by atoms with Crippen LogP contribution in [0.5, 0.6) is 0 Å². The molecule has 0 fully saturated rings. The van der Waals surface area contributed by atoms with E-state index >= 15 is 0 Å². The molecule has 0 saturated carbocycles. The Kier molecular flexibility index (Phi) is 7.36. The highest BCUT2D eigenvalue weighted by atomic mass is 15.1. The zero-order valence-electron chi connectivity index (χ0n) is 11.5. The molecule has 0 aromatic heterocycles. The molecule has 1 aromatic rings. The Morgan fingerprint density at radius 2 is 1.69 bits per heavy atom. The molecule has 0 aliphatic carbocycles. The Morgan fingerprint density at radius 3 is 2.31 bits per heavy atom. The molecule has 1 nitrogen and oxygen atoms in total. The number of nitrogens with zero attached hydrogens (tertiary/aromatic N) is 1. The number of benzene rings is 1. The van der Waals surface area contributed by atoms with Crippen molar-refractivity contribution in [3.8, 4) is 0 Å². The van der Waals surface area contributed by atoms with E-state index in [2.05, 4.69) is 49.3 Å². The molecular formula is C15H25N. The first kappa shape index (κ1) is 14.8. The van der Waals surface area contributed by atoms with Crippen LogP contribution in [0.4, 0.5) is 0 Å². The van der Waals surface area contributed by atoms with Gasteiger partial charge in [-0.2, -0.15) is 0 Å². The summed E-state index contributed by atoms with van der Waals surface area (Å²) in [7, 11) is 2.10. The number of rotatable bonds is 0. The summed E-state index contributed by atoms with van der Waals surface area (Å²) < 4.78 is 0. The Bertz CT molecular complexity index is 326. The lowest BCUT2D eigenvalue weighted by Gasteiger charge is -2.20. The van der Waals surface area contributed by atoms with Gasteiger partial charge in [0.2, 0.25) is 0 Å². The molecule has 1 heteroatoms. The third-order valence-electron chi connectivity index (χ3n) is 2.23. The van der Waals surface area contributed by atoms with E-state index in [0.29, 0.717) is 0 Å². The fourth-order valence-electron chi connectivity index (χ4n) is 1.56. The van der Waals surface area contributed by atoms with E-state index in [0.717, 1.165) is 6.54 Å². The van der Waals surface area contributed by atoms with Crippen LogP contribution in [-0.4, -0.2) is 11.9 Å². The summed E-state index contributed by atoms with van der Waals surface area (Å²) in [5.41, 5.74) is 4.14. The maximum Gasteiger partial charge on any atom is 0.0426 e. The first-order chi connectivity index (χ1) is 7.75. The molecule has 1 heterocycles. The molecule has 90 valence electrons. The Labute approximate surface area is 101 Å². The minimum Gasteiger partial charge on any atom is -0.376 e. The summed E-state index contributed by atoms with van der Waals surface area (Å²) in [6, 6.07) is 6.61. The van der Waals surface area contributed by atoms with Gasteiger partial charge in [0, 0.05) is 13.6 Å². The van der Waals surface area contributed by atoms with Gasteiger partial charge in [-0.1, -0.05) is 51.5 Å². The summed E-state index contributed by atoms with van der Waals surface area (Å²) >= 11 is 0. The first-order valence-corrected chi connectivity index (χ1v) is 6.24. The molecule has 0 unspecified atom stereocenters. The predicted octanol–water partition coefficient (Wildman–Crippen LogP) is 4.46. The van der Waals surface area contributed by atoms with Crippen molar-refractivity contribution in [2.24, 2.45) is 0 Å². The van der Waals surface area contributed by atoms with Crippen molar-refractivity contribution < 1.29 is 0 Å². The van der Waals surface area contributed by atoms with Crippen LogP contribution in [0.2, 0.25) is 0 Å². The van der Waals surface area contributed by atoms with Crippen LogP contribution >= 0.6 is 0 Å². The highest BCUT2D eigenvalue weighted by molar-refractivity contribution is 5.56. The van der Waals surface area contributed by atoms with Crippen LogP contribution in [0.25, 0.3) is 6.08 Å². The van der Waals surface area contributed by atoms with Crippen molar-refractivity contribution in [1.29, 1.82) is 0 Å². The monoisotopic (exact) mass is 219 g/mol. The fraction of sp³-hybridized carbons (Fsp3) is 0.467. The van der Waals surface area contributed by atoms with Crippen LogP contribution in [-0.2, 0) is 6.54 Å². The largest absolute Gasteiger partial charge is 0.376 e. The molecule has 0 saturated heterocycles. The summed E-state index contributed by atoms with van der Waals surface area (Å²) in [5, 5.41) is 0. The maximum absolute atomic E-state index is 2.26. The second-order valence-corrected chi connectivity index (χ2v) is 3.43. The Hall–Kier alpha value is -1.24. The second-order valence-electron chi connectivity index (χ2n) is 3.43. The van der Waals surface area contributed by atoms with Crippen LogP contribution in [0.1, 0.15) is 44.4 Å². The van der Waals surface area contributed by atoms with Gasteiger partial charge in [0.25, 0.3) is 0 Å². The Morgan fingerprint density at radius 1 is 1.06 bits per heavy atom. The van der Waals surface area contributed by atoms with Crippen molar-refractivity contribution in [3.63, 3.8) is 0 Å². The predicted molar refractivity (Wildman–Crippen MR) is 74.4 cm³/mol. The standard InChI is InChI=1S/C11H13N.2C2H6/c1-9-3-4-10-5-6-12(2)8-11(10)7-9;2*1-2/h3-7H,8H2,1-2H3;2*1-2H3. The van der Waals surface area contributed by atoms with Gasteiger partial charge < -0.3 is 4.90 Å². The smallest absolute Gasteiger partial charge is 0.0426 e. The van der Waals surface area contributed by atoms with Gasteiger partial charge in [0.1, 0.15) is 0 Å². The average molecular weight is 219 g/mol. The molecule has 0 atom stereocenters. The molecule has 2 rings (SSSR count). The summed E-state index contributed by atoms with van der Waals surface area (Å²) in [5.74, 6) is 0. The van der Waals surface area contributed by atoms with E-state index in [1.807, 2.05) is 27.7 Å². The van der Waals surface area contributed by atoms with E-state index in [-0.39, 0.29) is 0 Å². The molecule has 0 bridgehead atoms. The zero-order chi connectivity index (χ0) is 12.6. The van der Waals surface area contributed by atoms with Gasteiger partial charge >= 0.3 is 0 Å². The molecule has 1 aromatic carbocycles. The summed E-state index contributed by atoms with van der Waals surface area (Å²) in [6.07, 6.45) is 4.29. The molecule has 0 amide bonds. The number of aryl methyl sites for hydroxylation is 1. The van der Waals surface area contributed by atoms with Gasteiger partial charge in [0.05, 0.1) is 0 Å². The topological polar surface area (TPSA) is 3.24 Å². The van der Waals surface area contributed by atoms with Crippen LogP contribution in [0.3, 0.4) is 0 Å². The first-order valence-electron chi connectivity index (χ1n) is 6.24. The zero-order valence-corrected chi connectivity index (χ0v) is 11.5. The molecule has 16 heavy (non-hydrogen) atoms. The van der Waals surface area contributed by atoms with E-state index < -0.39 is 0 Å². The molecule has 0 spiro atoms. The lowest BCUT2D eigenvalue weighted by molar-refractivity contribution is 0.447. The fourth-order valence-corrected chi connectivity index (χ4v) is 1.56. The highest BCUT2D eigenvalue weighted by Gasteiger charge is 2.06. The highest BCUT2D eigenvalue weighted by Crippen LogP contribution is 2.19. The van der Waals surface area contributed by atoms with Gasteiger partial charge in [0.15, 0.2) is 0 Å². The van der Waals surface area contributed by atoms with Gasteiger partial charge in [-0.3, -0.25) is 0 Å². The van der Waals surface area contributed by atoms with Gasteiger partial charge in [-0.25, -0.2) is 0 Å². The quantitative estimate of drug-likeness (QED) is 0.622. The molecular weight excluding hydrogens is 194 g/mol. The third-order valence-corrected chi connectivity index (χ3v) is 2.23. The van der Waals surface area contributed by atoms with Gasteiger partial charge in [-0.05, 0) is 30.3 Å². The number of hydrogen-bond donors (Lipinski definition) is 0. The lowest BCUT2D eigenvalue weighted by atomic mass is 10.0. The van der Waals surface area contributed by atoms with Crippen molar-refractivity contribution in [3.05, 3.63) is 41.1 Å². The SMILES string of the molecule is CC.CC.Cc1ccc2c(c1)CN(C)C=C2. The van der Waals surface area contributed by atoms with Crippen molar-refractivity contribution >= 4 is 6.08 Å². The molecule has 0 N–H and O–H groups in total. The van der Waals surface area contributed by atoms with E-state index in [1.54, 1.807) is 0 Å². The van der Waals surface area contributed by atoms with Crippen molar-refractivity contribution in [2.45, 2.75) is 41.2 Å². The van der Waals surface area contributed by atoms with Crippen LogP contribution in [0.15, 0.2) is 24.4 Å². The third kappa shape index (κ3) is 4.09. The Balaban J connectivity index is 0.000000509. The van der Waals surface area contributed by atoms with Gasteiger partial charge in [-0.15, -0.1) is 0 Å². The number of fused-ring (bicyclic) bond motifs is 1. The molecule has 1 aliphatic heterocycles. The average Bonchev–Trinajstić information content (AvgIpc) is 2.33. The second kappa shape index (κ2) is 7.98. The molecule has 0 radical (unpaired) electrons. The number of hydrogen-bond acceptors (Lipinski definition) is 1. The maximum atomic E-state index is 2.26. The summed E-state index contributed by atoms with van der Waals surface area (Å²) in [4.78, 5) is 2.20. The normalized spacial score (nSPS) is 11.8. The lowest BCUT2D eigenvalue weighted by Crippen LogP contribution is -2.14. The van der Waals surface area contributed by atoms with Crippen molar-refractivity contribution in [1.82, 2.24) is 4.90 Å².